The quantitative estimate of drug-likeness (QED) is 0.707. The van der Waals surface area contributed by atoms with Gasteiger partial charge in [0.2, 0.25) is 0 Å². The maximum absolute atomic E-state index is 9.72. The number of aryl methyl sites for hydroxylation is 1. The molecule has 2 aliphatic carbocycles. The zero-order valence-electron chi connectivity index (χ0n) is 8.14. The topological polar surface area (TPSA) is 32.6 Å². The number of phenolic OH excluding ortho intramolecular Hbond substituents is 1. The van der Waals surface area contributed by atoms with Crippen molar-refractivity contribution in [2.75, 3.05) is 0 Å². The van der Waals surface area contributed by atoms with Crippen LogP contribution in [0.1, 0.15) is 17.5 Å². The van der Waals surface area contributed by atoms with Crippen molar-refractivity contribution in [1.29, 1.82) is 0 Å². The summed E-state index contributed by atoms with van der Waals surface area (Å²) in [5.74, 6) is 2.14. The molecule has 14 heavy (non-hydrogen) atoms. The van der Waals surface area contributed by atoms with Crippen LogP contribution in [-0.4, -0.2) is 17.4 Å². The first kappa shape index (κ1) is 8.04. The summed E-state index contributed by atoms with van der Waals surface area (Å²) in [6, 6.07) is 6.33. The molecule has 0 saturated heterocycles. The highest BCUT2D eigenvalue weighted by Crippen LogP contribution is 2.64. The van der Waals surface area contributed by atoms with Crippen LogP contribution in [0.5, 0.6) is 5.75 Å². The van der Waals surface area contributed by atoms with Crippen molar-refractivity contribution in [3.05, 3.63) is 29.3 Å². The molecule has 3 rings (SSSR count). The minimum atomic E-state index is 0.366. The average Bonchev–Trinajstić information content (AvgIpc) is 3.01. The van der Waals surface area contributed by atoms with Crippen molar-refractivity contribution >= 4 is 6.21 Å². The van der Waals surface area contributed by atoms with Crippen molar-refractivity contribution in [2.45, 2.75) is 19.4 Å². The van der Waals surface area contributed by atoms with Gasteiger partial charge in [0, 0.05) is 11.8 Å². The number of aliphatic imine (C=N–C) groups is 1. The molecule has 72 valence electrons. The van der Waals surface area contributed by atoms with Gasteiger partial charge in [-0.05, 0) is 36.8 Å². The molecule has 0 bridgehead atoms. The number of para-hydroxylation sites is 1. The summed E-state index contributed by atoms with van der Waals surface area (Å²) in [7, 11) is 0. The van der Waals surface area contributed by atoms with Crippen molar-refractivity contribution in [2.24, 2.45) is 16.8 Å². The third-order valence-electron chi connectivity index (χ3n) is 3.28. The molecular weight excluding hydrogens is 174 g/mol. The Kier molecular flexibility index (Phi) is 1.49. The summed E-state index contributed by atoms with van der Waals surface area (Å²) < 4.78 is 0. The van der Waals surface area contributed by atoms with Crippen LogP contribution < -0.4 is 0 Å². The molecule has 2 aliphatic rings. The van der Waals surface area contributed by atoms with Gasteiger partial charge in [-0.25, -0.2) is 0 Å². The highest BCUT2D eigenvalue weighted by Gasteiger charge is 2.64. The predicted molar refractivity (Wildman–Crippen MR) is 55.8 cm³/mol. The van der Waals surface area contributed by atoms with Gasteiger partial charge in [-0.3, -0.25) is 4.99 Å². The molecule has 2 unspecified atom stereocenters. The first-order valence-corrected chi connectivity index (χ1v) is 5.09. The van der Waals surface area contributed by atoms with Crippen LogP contribution in [0.3, 0.4) is 0 Å². The lowest BCUT2D eigenvalue weighted by Gasteiger charge is -2.02. The molecule has 0 amide bonds. The second kappa shape index (κ2) is 2.59. The molecule has 1 aromatic carbocycles. The maximum Gasteiger partial charge on any atom is 0.127 e. The molecule has 0 aromatic heterocycles. The van der Waals surface area contributed by atoms with E-state index in [9.17, 15) is 5.11 Å². The van der Waals surface area contributed by atoms with Gasteiger partial charge >= 0.3 is 0 Å². The Morgan fingerprint density at radius 2 is 2.21 bits per heavy atom. The van der Waals surface area contributed by atoms with E-state index < -0.39 is 0 Å². The maximum atomic E-state index is 9.72. The molecule has 0 aliphatic heterocycles. The van der Waals surface area contributed by atoms with E-state index in [4.69, 9.17) is 0 Å². The normalized spacial score (nSPS) is 33.1. The Morgan fingerprint density at radius 1 is 1.43 bits per heavy atom. The molecule has 1 N–H and O–H groups in total. The van der Waals surface area contributed by atoms with Gasteiger partial charge in [-0.2, -0.15) is 0 Å². The van der Waals surface area contributed by atoms with Crippen molar-refractivity contribution < 1.29 is 5.11 Å². The Labute approximate surface area is 83.3 Å². The van der Waals surface area contributed by atoms with E-state index in [1.54, 1.807) is 0 Å². The molecule has 2 saturated carbocycles. The Hall–Kier alpha value is -1.31. The molecule has 2 atom stereocenters. The van der Waals surface area contributed by atoms with E-state index in [0.29, 0.717) is 11.8 Å². The second-order valence-electron chi connectivity index (χ2n) is 4.34. The van der Waals surface area contributed by atoms with Crippen LogP contribution in [0, 0.1) is 18.8 Å². The van der Waals surface area contributed by atoms with Gasteiger partial charge in [0.05, 0.1) is 6.04 Å². The van der Waals surface area contributed by atoms with E-state index in [-0.39, 0.29) is 0 Å². The average molecular weight is 187 g/mol. The van der Waals surface area contributed by atoms with Crippen LogP contribution in [0.15, 0.2) is 23.2 Å². The number of benzene rings is 1. The Morgan fingerprint density at radius 3 is 2.86 bits per heavy atom. The number of rotatable bonds is 2. The van der Waals surface area contributed by atoms with Crippen LogP contribution in [0.25, 0.3) is 0 Å². The fraction of sp³-hybridized carbons (Fsp3) is 0.417. The van der Waals surface area contributed by atoms with Crippen LogP contribution >= 0.6 is 0 Å². The minimum Gasteiger partial charge on any atom is -0.507 e. The molecule has 0 radical (unpaired) electrons. The zero-order chi connectivity index (χ0) is 9.71. The monoisotopic (exact) mass is 187 g/mol. The highest BCUT2D eigenvalue weighted by atomic mass is 16.3. The number of fused-ring (bicyclic) bond motifs is 1. The Bertz CT molecular complexity index is 403. The van der Waals surface area contributed by atoms with Crippen molar-refractivity contribution in [1.82, 2.24) is 0 Å². The van der Waals surface area contributed by atoms with E-state index in [0.717, 1.165) is 23.0 Å². The molecule has 0 heterocycles. The molecule has 2 nitrogen and oxygen atoms in total. The fourth-order valence-electron chi connectivity index (χ4n) is 1.92. The summed E-state index contributed by atoms with van der Waals surface area (Å²) in [5.41, 5.74) is 1.76. The highest BCUT2D eigenvalue weighted by molar-refractivity contribution is 5.84. The lowest BCUT2D eigenvalue weighted by molar-refractivity contribution is 0.470. The number of nitrogens with zero attached hydrogens (tertiary/aromatic N) is 1. The first-order chi connectivity index (χ1) is 6.77. The van der Waals surface area contributed by atoms with Gasteiger partial charge < -0.3 is 5.11 Å². The third-order valence-corrected chi connectivity index (χ3v) is 3.28. The minimum absolute atomic E-state index is 0.366. The summed E-state index contributed by atoms with van der Waals surface area (Å²) >= 11 is 0. The van der Waals surface area contributed by atoms with E-state index >= 15 is 0 Å². The molecule has 0 spiro atoms. The fourth-order valence-corrected chi connectivity index (χ4v) is 1.92. The third kappa shape index (κ3) is 1.14. The van der Waals surface area contributed by atoms with Crippen LogP contribution in [0.2, 0.25) is 0 Å². The van der Waals surface area contributed by atoms with Gasteiger partial charge in [0.1, 0.15) is 5.75 Å². The zero-order valence-corrected chi connectivity index (χ0v) is 8.14. The van der Waals surface area contributed by atoms with Crippen molar-refractivity contribution in [3.8, 4) is 5.75 Å². The van der Waals surface area contributed by atoms with E-state index in [1.165, 1.54) is 6.42 Å². The number of aromatic hydroxyl groups is 1. The molecular formula is C12H13NO. The largest absolute Gasteiger partial charge is 0.507 e. The van der Waals surface area contributed by atoms with Crippen molar-refractivity contribution in [3.63, 3.8) is 0 Å². The van der Waals surface area contributed by atoms with Crippen LogP contribution in [0.4, 0.5) is 0 Å². The number of phenols is 1. The summed E-state index contributed by atoms with van der Waals surface area (Å²) in [6.07, 6.45) is 3.20. The predicted octanol–water partition coefficient (Wildman–Crippen LogP) is 2.14. The number of hydrogen-bond acceptors (Lipinski definition) is 2. The van der Waals surface area contributed by atoms with Crippen LogP contribution in [-0.2, 0) is 0 Å². The smallest absolute Gasteiger partial charge is 0.127 e. The summed E-state index contributed by atoms with van der Waals surface area (Å²) in [5, 5.41) is 9.72. The van der Waals surface area contributed by atoms with Gasteiger partial charge in [0.25, 0.3) is 0 Å². The lowest BCUT2D eigenvalue weighted by Crippen LogP contribution is -1.93. The van der Waals surface area contributed by atoms with Gasteiger partial charge in [-0.15, -0.1) is 0 Å². The van der Waals surface area contributed by atoms with E-state index in [1.807, 2.05) is 31.3 Å². The summed E-state index contributed by atoms with van der Waals surface area (Å²) in [6.45, 7) is 1.90. The standard InChI is InChI=1S/C12H13NO/c1-7-3-2-4-8(12(7)14)6-13-11-9-5-10(9)11/h2-4,6,9-11,14H,5H2,1H3. The molecule has 1 aromatic rings. The number of hydrogen-bond donors (Lipinski definition) is 1. The summed E-state index contributed by atoms with van der Waals surface area (Å²) in [4.78, 5) is 4.45. The SMILES string of the molecule is Cc1cccc(C=NC2C3CC32)c1O. The van der Waals surface area contributed by atoms with E-state index in [2.05, 4.69) is 4.99 Å². The Balaban J connectivity index is 1.81. The van der Waals surface area contributed by atoms with Gasteiger partial charge in [0.15, 0.2) is 0 Å². The lowest BCUT2D eigenvalue weighted by atomic mass is 10.1. The first-order valence-electron chi connectivity index (χ1n) is 5.09. The molecule has 2 heteroatoms. The molecule has 2 fully saturated rings. The van der Waals surface area contributed by atoms with Gasteiger partial charge in [-0.1, -0.05) is 12.1 Å². The second-order valence-corrected chi connectivity index (χ2v) is 4.34.